The minimum absolute atomic E-state index is 0.570. The summed E-state index contributed by atoms with van der Waals surface area (Å²) in [7, 11) is 0. The van der Waals surface area contributed by atoms with E-state index in [9.17, 15) is 0 Å². The molecule has 0 aliphatic rings. The molecule has 0 saturated heterocycles. The summed E-state index contributed by atoms with van der Waals surface area (Å²) < 4.78 is 15.3. The smallest absolute Gasteiger partial charge is 0.164 e. The molecule has 0 saturated carbocycles. The van der Waals surface area contributed by atoms with Crippen molar-refractivity contribution < 1.29 is 8.83 Å². The van der Waals surface area contributed by atoms with Crippen molar-refractivity contribution in [2.24, 2.45) is 0 Å². The maximum atomic E-state index is 6.66. The summed E-state index contributed by atoms with van der Waals surface area (Å²) in [6, 6.07) is 77.1. The van der Waals surface area contributed by atoms with Gasteiger partial charge < -0.3 is 13.4 Å². The molecule has 0 bridgehead atoms. The summed E-state index contributed by atoms with van der Waals surface area (Å²) in [4.78, 5) is 15.6. The van der Waals surface area contributed by atoms with Crippen LogP contribution in [0.1, 0.15) is 0 Å². The number of nitrogens with zero attached hydrogens (tertiary/aromatic N) is 4. The molecule has 15 rings (SSSR count). The summed E-state index contributed by atoms with van der Waals surface area (Å²) in [5.74, 6) is 1.74. The van der Waals surface area contributed by atoms with Gasteiger partial charge in [-0.05, 0) is 111 Å². The first-order valence-electron chi connectivity index (χ1n) is 23.2. The fourth-order valence-electron chi connectivity index (χ4n) is 10.7. The van der Waals surface area contributed by atoms with Crippen LogP contribution in [-0.2, 0) is 0 Å². The molecule has 6 heteroatoms. The Labute approximate surface area is 394 Å². The van der Waals surface area contributed by atoms with Gasteiger partial charge in [-0.25, -0.2) is 15.0 Å². The predicted molar refractivity (Wildman–Crippen MR) is 283 cm³/mol. The Balaban J connectivity index is 0.934. The van der Waals surface area contributed by atoms with Crippen molar-refractivity contribution in [1.29, 1.82) is 0 Å². The Hall–Kier alpha value is -9.39. The molecule has 69 heavy (non-hydrogen) atoms. The second-order valence-electron chi connectivity index (χ2n) is 18.0. The zero-order valence-electron chi connectivity index (χ0n) is 36.9. The lowest BCUT2D eigenvalue weighted by molar-refractivity contribution is 0.668. The van der Waals surface area contributed by atoms with E-state index in [0.717, 1.165) is 88.2 Å². The van der Waals surface area contributed by atoms with Crippen LogP contribution in [0.5, 0.6) is 0 Å². The van der Waals surface area contributed by atoms with Gasteiger partial charge in [0, 0.05) is 60.1 Å². The monoisotopic (exact) mass is 880 g/mol. The van der Waals surface area contributed by atoms with Crippen LogP contribution < -0.4 is 0 Å². The summed E-state index contributed by atoms with van der Waals surface area (Å²) in [5, 5.41) is 13.6. The molecule has 4 heterocycles. The molecule has 0 spiro atoms. The molecule has 6 nitrogen and oxygen atoms in total. The van der Waals surface area contributed by atoms with E-state index < -0.39 is 0 Å². The van der Waals surface area contributed by atoms with Crippen LogP contribution in [0.15, 0.2) is 227 Å². The highest BCUT2D eigenvalue weighted by atomic mass is 16.3. The Kier molecular flexibility index (Phi) is 7.97. The Morgan fingerprint density at radius 3 is 1.62 bits per heavy atom. The van der Waals surface area contributed by atoms with E-state index in [4.69, 9.17) is 23.8 Å². The standard InChI is InChI=1S/C63H36N4O2/c1-2-10-37(11-3-1)38-18-20-41(21-19-38)61-64-62(44-25-29-56-52(33-44)48-16-8-9-17-55(48)68-56)66-63(65-61)45-26-30-57-53(34-45)59-50-36-46(27-22-40(50)24-31-58(59)69-57)67-54-35-43-14-5-4-13-42(43)32-51(54)49-28-23-39-12-6-7-15-47(39)60(49)67/h1-36H. The van der Waals surface area contributed by atoms with E-state index in [2.05, 4.69) is 180 Å². The van der Waals surface area contributed by atoms with Gasteiger partial charge in [0.05, 0.1) is 11.0 Å². The van der Waals surface area contributed by atoms with Gasteiger partial charge in [-0.3, -0.25) is 0 Å². The molecule has 4 aromatic heterocycles. The molecular weight excluding hydrogens is 845 g/mol. The van der Waals surface area contributed by atoms with Gasteiger partial charge in [0.15, 0.2) is 17.5 Å². The number of hydrogen-bond acceptors (Lipinski definition) is 5. The van der Waals surface area contributed by atoms with Gasteiger partial charge >= 0.3 is 0 Å². The summed E-state index contributed by atoms with van der Waals surface area (Å²) in [6.45, 7) is 0. The van der Waals surface area contributed by atoms with E-state index in [-0.39, 0.29) is 0 Å². The second-order valence-corrected chi connectivity index (χ2v) is 18.0. The van der Waals surface area contributed by atoms with Crippen molar-refractivity contribution >= 4 is 98.0 Å². The van der Waals surface area contributed by atoms with Gasteiger partial charge in [-0.1, -0.05) is 146 Å². The van der Waals surface area contributed by atoms with Gasteiger partial charge in [0.2, 0.25) is 0 Å². The number of rotatable bonds is 5. The second kappa shape index (κ2) is 14.6. The van der Waals surface area contributed by atoms with E-state index in [0.29, 0.717) is 17.5 Å². The van der Waals surface area contributed by atoms with Crippen molar-refractivity contribution in [3.8, 4) is 51.0 Å². The zero-order valence-corrected chi connectivity index (χ0v) is 36.9. The van der Waals surface area contributed by atoms with Crippen LogP contribution in [0.3, 0.4) is 0 Å². The van der Waals surface area contributed by atoms with Crippen LogP contribution in [0, 0.1) is 0 Å². The fourth-order valence-corrected chi connectivity index (χ4v) is 10.7. The SMILES string of the molecule is c1ccc(-c2ccc(-c3nc(-c4ccc5oc6ccccc6c5c4)nc(-c4ccc5oc6ccc7ccc(-n8c9cc%10ccccc%10cc9c9ccc%10ccccc%10c98)cc7c6c5c4)n3)cc2)cc1. The maximum absolute atomic E-state index is 6.66. The van der Waals surface area contributed by atoms with Crippen LogP contribution in [-0.4, -0.2) is 19.5 Å². The van der Waals surface area contributed by atoms with E-state index in [1.54, 1.807) is 0 Å². The van der Waals surface area contributed by atoms with Crippen molar-refractivity contribution in [1.82, 2.24) is 19.5 Å². The number of hydrogen-bond donors (Lipinski definition) is 0. The summed E-state index contributed by atoms with van der Waals surface area (Å²) in [6.07, 6.45) is 0. The van der Waals surface area contributed by atoms with Crippen molar-refractivity contribution in [3.05, 3.63) is 218 Å². The maximum Gasteiger partial charge on any atom is 0.164 e. The van der Waals surface area contributed by atoms with Crippen molar-refractivity contribution in [3.63, 3.8) is 0 Å². The number of benzene rings is 11. The van der Waals surface area contributed by atoms with E-state index >= 15 is 0 Å². The third-order valence-corrected chi connectivity index (χ3v) is 14.0. The molecule has 0 aliphatic carbocycles. The van der Waals surface area contributed by atoms with E-state index in [1.165, 1.54) is 43.4 Å². The average Bonchev–Trinajstić information content (AvgIpc) is 4.09. The van der Waals surface area contributed by atoms with Crippen LogP contribution >= 0.6 is 0 Å². The third-order valence-electron chi connectivity index (χ3n) is 14.0. The van der Waals surface area contributed by atoms with Crippen LogP contribution in [0.25, 0.3) is 149 Å². The molecule has 0 aliphatic heterocycles. The minimum atomic E-state index is 0.570. The fraction of sp³-hybridized carbons (Fsp3) is 0. The highest BCUT2D eigenvalue weighted by Gasteiger charge is 2.20. The van der Waals surface area contributed by atoms with Crippen molar-refractivity contribution in [2.45, 2.75) is 0 Å². The first kappa shape index (κ1) is 37.8. The molecule has 0 unspecified atom stereocenters. The number of para-hydroxylation sites is 1. The molecule has 0 amide bonds. The first-order valence-corrected chi connectivity index (χ1v) is 23.2. The van der Waals surface area contributed by atoms with Gasteiger partial charge in [0.1, 0.15) is 22.3 Å². The van der Waals surface area contributed by atoms with Crippen molar-refractivity contribution in [2.75, 3.05) is 0 Å². The Morgan fingerprint density at radius 2 is 0.826 bits per heavy atom. The largest absolute Gasteiger partial charge is 0.456 e. The number of fused-ring (bicyclic) bond motifs is 14. The highest BCUT2D eigenvalue weighted by molar-refractivity contribution is 6.22. The van der Waals surface area contributed by atoms with Crippen LogP contribution in [0.4, 0.5) is 0 Å². The molecule has 15 aromatic rings. The number of furan rings is 2. The average molecular weight is 881 g/mol. The number of aromatic nitrogens is 4. The lowest BCUT2D eigenvalue weighted by Gasteiger charge is -2.12. The zero-order chi connectivity index (χ0) is 45.2. The minimum Gasteiger partial charge on any atom is -0.456 e. The molecule has 0 atom stereocenters. The summed E-state index contributed by atoms with van der Waals surface area (Å²) >= 11 is 0. The Bertz CT molecular complexity index is 4600. The lowest BCUT2D eigenvalue weighted by atomic mass is 10.0. The highest BCUT2D eigenvalue weighted by Crippen LogP contribution is 2.42. The van der Waals surface area contributed by atoms with E-state index in [1.807, 2.05) is 42.5 Å². The molecule has 320 valence electrons. The quantitative estimate of drug-likeness (QED) is 0.172. The van der Waals surface area contributed by atoms with Gasteiger partial charge in [-0.15, -0.1) is 0 Å². The molecule has 11 aromatic carbocycles. The molecule has 0 fully saturated rings. The predicted octanol–water partition coefficient (Wildman–Crippen LogP) is 16.9. The lowest BCUT2D eigenvalue weighted by Crippen LogP contribution is -2.00. The first-order chi connectivity index (χ1) is 34.1. The van der Waals surface area contributed by atoms with Crippen LogP contribution in [0.2, 0.25) is 0 Å². The normalized spacial score (nSPS) is 12.1. The Morgan fingerprint density at radius 1 is 0.290 bits per heavy atom. The summed E-state index contributed by atoms with van der Waals surface area (Å²) in [5.41, 5.74) is 11.6. The molecular formula is C63H36N4O2. The van der Waals surface area contributed by atoms with Gasteiger partial charge in [-0.2, -0.15) is 0 Å². The topological polar surface area (TPSA) is 69.9 Å². The molecule has 0 N–H and O–H groups in total. The molecule has 0 radical (unpaired) electrons. The van der Waals surface area contributed by atoms with Gasteiger partial charge in [0.25, 0.3) is 0 Å². The third kappa shape index (κ3) is 5.89.